The van der Waals surface area contributed by atoms with Crippen LogP contribution in [-0.2, 0) is 21.2 Å². The maximum Gasteiger partial charge on any atom is 0.263 e. The first kappa shape index (κ1) is 20.6. The van der Waals surface area contributed by atoms with Crippen molar-refractivity contribution in [3.63, 3.8) is 0 Å². The molecular formula is C19H21N5O4S2. The maximum atomic E-state index is 12.8. The van der Waals surface area contributed by atoms with E-state index in [1.807, 2.05) is 12.1 Å². The number of amides is 1. The minimum Gasteiger partial charge on any atom is -0.341 e. The molecule has 3 aromatic rings. The predicted octanol–water partition coefficient (Wildman–Crippen LogP) is 0.968. The molecule has 1 aliphatic heterocycles. The zero-order valence-corrected chi connectivity index (χ0v) is 18.0. The number of hydrogen-bond donors (Lipinski definition) is 0. The average molecular weight is 448 g/mol. The molecule has 2 aromatic heterocycles. The Hall–Kier alpha value is -2.66. The van der Waals surface area contributed by atoms with Crippen molar-refractivity contribution in [2.75, 3.05) is 24.3 Å². The number of para-hydroxylation sites is 1. The molecule has 1 aliphatic rings. The Morgan fingerprint density at radius 2 is 2.13 bits per heavy atom. The van der Waals surface area contributed by atoms with E-state index in [-0.39, 0.29) is 41.3 Å². The fraction of sp³-hybridized carbons (Fsp3) is 0.368. The van der Waals surface area contributed by atoms with Crippen LogP contribution in [0.4, 0.5) is 0 Å². The van der Waals surface area contributed by atoms with Crippen LogP contribution in [0.5, 0.6) is 0 Å². The second-order valence-corrected chi connectivity index (χ2v) is 10.4. The molecule has 158 valence electrons. The Labute approximate surface area is 177 Å². The molecule has 1 atom stereocenters. The highest BCUT2D eigenvalue weighted by Crippen LogP contribution is 2.23. The summed E-state index contributed by atoms with van der Waals surface area (Å²) in [6, 6.07) is 6.88. The van der Waals surface area contributed by atoms with Crippen molar-refractivity contribution in [3.05, 3.63) is 47.3 Å². The summed E-state index contributed by atoms with van der Waals surface area (Å²) in [4.78, 5) is 27.0. The number of allylic oxidation sites excluding steroid dienone is 1. The Bertz CT molecular complexity index is 1310. The van der Waals surface area contributed by atoms with Crippen LogP contribution in [0.15, 0.2) is 46.9 Å². The van der Waals surface area contributed by atoms with E-state index < -0.39 is 9.84 Å². The van der Waals surface area contributed by atoms with Crippen molar-refractivity contribution in [1.82, 2.24) is 24.1 Å². The highest BCUT2D eigenvalue weighted by atomic mass is 32.2. The summed E-state index contributed by atoms with van der Waals surface area (Å²) in [6.45, 7) is 3.99. The molecule has 0 N–H and O–H groups in total. The fourth-order valence-corrected chi connectivity index (χ4v) is 6.27. The number of rotatable bonds is 6. The molecule has 1 aromatic carbocycles. The quantitative estimate of drug-likeness (QED) is 0.409. The molecule has 0 saturated carbocycles. The van der Waals surface area contributed by atoms with E-state index in [1.165, 1.54) is 21.2 Å². The van der Waals surface area contributed by atoms with Crippen molar-refractivity contribution >= 4 is 44.2 Å². The molecular weight excluding hydrogens is 426 g/mol. The van der Waals surface area contributed by atoms with Gasteiger partial charge >= 0.3 is 0 Å². The van der Waals surface area contributed by atoms with Crippen molar-refractivity contribution in [3.8, 4) is 0 Å². The van der Waals surface area contributed by atoms with Gasteiger partial charge in [-0.1, -0.05) is 30.0 Å². The molecule has 9 nitrogen and oxygen atoms in total. The van der Waals surface area contributed by atoms with Crippen LogP contribution in [0, 0.1) is 0 Å². The maximum absolute atomic E-state index is 12.8. The third-order valence-electron chi connectivity index (χ3n) is 5.26. The Balaban J connectivity index is 1.65. The topological polar surface area (TPSA) is 107 Å². The summed E-state index contributed by atoms with van der Waals surface area (Å²) < 4.78 is 26.6. The molecule has 11 heteroatoms. The molecule has 0 spiro atoms. The molecule has 0 bridgehead atoms. The average Bonchev–Trinajstić information content (AvgIpc) is 3.31. The second-order valence-electron chi connectivity index (χ2n) is 7.19. The smallest absolute Gasteiger partial charge is 0.263 e. The second kappa shape index (κ2) is 7.88. The van der Waals surface area contributed by atoms with E-state index in [1.54, 1.807) is 29.7 Å². The van der Waals surface area contributed by atoms with Crippen LogP contribution in [0.2, 0.25) is 0 Å². The van der Waals surface area contributed by atoms with E-state index in [2.05, 4.69) is 16.8 Å². The highest BCUT2D eigenvalue weighted by molar-refractivity contribution is 7.99. The number of carbonyl (C=O) groups excluding carboxylic acids is 1. The molecule has 4 rings (SSSR count). The van der Waals surface area contributed by atoms with Gasteiger partial charge in [0.25, 0.3) is 5.56 Å². The zero-order valence-electron chi connectivity index (χ0n) is 16.4. The fourth-order valence-electron chi connectivity index (χ4n) is 3.63. The lowest BCUT2D eigenvalue weighted by Gasteiger charge is -2.23. The van der Waals surface area contributed by atoms with Crippen LogP contribution in [0.25, 0.3) is 16.7 Å². The Morgan fingerprint density at radius 1 is 1.37 bits per heavy atom. The van der Waals surface area contributed by atoms with Crippen LogP contribution in [0.1, 0.15) is 6.42 Å². The lowest BCUT2D eigenvalue weighted by molar-refractivity contribution is -0.128. The largest absolute Gasteiger partial charge is 0.341 e. The highest BCUT2D eigenvalue weighted by Gasteiger charge is 2.32. The van der Waals surface area contributed by atoms with Gasteiger partial charge in [-0.25, -0.2) is 8.42 Å². The van der Waals surface area contributed by atoms with Gasteiger partial charge < -0.3 is 4.90 Å². The number of hydrogen-bond acceptors (Lipinski definition) is 7. The van der Waals surface area contributed by atoms with E-state index >= 15 is 0 Å². The number of benzene rings is 1. The standard InChI is InChI=1S/C19H21N5O4S2/c1-3-9-23-17(26)14-6-4-5-7-15(14)24-18(23)20-21-19(24)29-11-16(25)22(2)13-8-10-30(27,28)12-13/h3-7,13H,1,8-12H2,2H3. The van der Waals surface area contributed by atoms with E-state index in [0.717, 1.165) is 0 Å². The van der Waals surface area contributed by atoms with Gasteiger partial charge in [0.1, 0.15) is 0 Å². The number of sulfone groups is 1. The van der Waals surface area contributed by atoms with Gasteiger partial charge in [-0.05, 0) is 18.6 Å². The normalized spacial score (nSPS) is 18.1. The van der Waals surface area contributed by atoms with Gasteiger partial charge in [-0.15, -0.1) is 16.8 Å². The van der Waals surface area contributed by atoms with Crippen LogP contribution in [-0.4, -0.2) is 68.7 Å². The van der Waals surface area contributed by atoms with Crippen molar-refractivity contribution in [2.24, 2.45) is 0 Å². The third-order valence-corrected chi connectivity index (χ3v) is 7.93. The first-order valence-electron chi connectivity index (χ1n) is 9.39. The molecule has 1 unspecified atom stereocenters. The predicted molar refractivity (Wildman–Crippen MR) is 116 cm³/mol. The lowest BCUT2D eigenvalue weighted by atomic mass is 10.2. The van der Waals surface area contributed by atoms with Crippen molar-refractivity contribution < 1.29 is 13.2 Å². The molecule has 1 saturated heterocycles. The van der Waals surface area contributed by atoms with Crippen LogP contribution >= 0.6 is 11.8 Å². The SMILES string of the molecule is C=CCn1c(=O)c2ccccc2n2c(SCC(=O)N(C)C3CCS(=O)(=O)C3)nnc12. The van der Waals surface area contributed by atoms with Gasteiger partial charge in [0, 0.05) is 19.6 Å². The summed E-state index contributed by atoms with van der Waals surface area (Å²) in [7, 11) is -1.43. The summed E-state index contributed by atoms with van der Waals surface area (Å²) in [5, 5.41) is 9.37. The van der Waals surface area contributed by atoms with Crippen molar-refractivity contribution in [1.29, 1.82) is 0 Å². The number of fused-ring (bicyclic) bond motifs is 3. The Morgan fingerprint density at radius 3 is 2.83 bits per heavy atom. The first-order chi connectivity index (χ1) is 14.3. The summed E-state index contributed by atoms with van der Waals surface area (Å²) in [6.07, 6.45) is 2.08. The van der Waals surface area contributed by atoms with E-state index in [0.29, 0.717) is 28.3 Å². The van der Waals surface area contributed by atoms with Gasteiger partial charge in [0.15, 0.2) is 15.0 Å². The molecule has 0 radical (unpaired) electrons. The monoisotopic (exact) mass is 447 g/mol. The van der Waals surface area contributed by atoms with E-state index in [4.69, 9.17) is 0 Å². The number of thioether (sulfide) groups is 1. The number of carbonyl (C=O) groups is 1. The summed E-state index contributed by atoms with van der Waals surface area (Å²) >= 11 is 1.21. The summed E-state index contributed by atoms with van der Waals surface area (Å²) in [5.41, 5.74) is 0.480. The number of nitrogens with zero attached hydrogens (tertiary/aromatic N) is 5. The lowest BCUT2D eigenvalue weighted by Crippen LogP contribution is -2.38. The van der Waals surface area contributed by atoms with Crippen LogP contribution < -0.4 is 5.56 Å². The zero-order chi connectivity index (χ0) is 21.5. The minimum absolute atomic E-state index is 0.00619. The van der Waals surface area contributed by atoms with Crippen LogP contribution in [0.3, 0.4) is 0 Å². The van der Waals surface area contributed by atoms with Gasteiger partial charge in [0.2, 0.25) is 11.7 Å². The van der Waals surface area contributed by atoms with Gasteiger partial charge in [-0.2, -0.15) is 0 Å². The summed E-state index contributed by atoms with van der Waals surface area (Å²) in [5.74, 6) is 0.408. The first-order valence-corrected chi connectivity index (χ1v) is 12.2. The molecule has 1 amide bonds. The van der Waals surface area contributed by atoms with E-state index in [9.17, 15) is 18.0 Å². The molecule has 1 fully saturated rings. The third kappa shape index (κ3) is 3.63. The Kier molecular flexibility index (Phi) is 5.41. The minimum atomic E-state index is -3.07. The van der Waals surface area contributed by atoms with Gasteiger partial charge in [0.05, 0.1) is 28.2 Å². The number of aromatic nitrogens is 4. The molecule has 0 aliphatic carbocycles. The van der Waals surface area contributed by atoms with Gasteiger partial charge in [-0.3, -0.25) is 18.6 Å². The molecule has 3 heterocycles. The van der Waals surface area contributed by atoms with Crippen molar-refractivity contribution in [2.45, 2.75) is 24.2 Å². The molecule has 30 heavy (non-hydrogen) atoms.